The fraction of sp³-hybridized carbons (Fsp3) is 0.292. The molecular weight excluding hydrogens is 390 g/mol. The molecule has 2 atom stereocenters. The quantitative estimate of drug-likeness (QED) is 0.627. The first-order valence-electron chi connectivity index (χ1n) is 10.5. The number of aromatic nitrogens is 3. The average Bonchev–Trinajstić information content (AvgIpc) is 3.24. The van der Waals surface area contributed by atoms with Gasteiger partial charge in [-0.3, -0.25) is 19.4 Å². The molecule has 5 rings (SSSR count). The van der Waals surface area contributed by atoms with Gasteiger partial charge in [-0.15, -0.1) is 0 Å². The van der Waals surface area contributed by atoms with Gasteiger partial charge in [-0.2, -0.15) is 5.10 Å². The number of hydrogen-bond acceptors (Lipinski definition) is 5. The Kier molecular flexibility index (Phi) is 5.36. The number of pyridine rings is 1. The molecular formula is C24H25N5O2. The van der Waals surface area contributed by atoms with Crippen LogP contribution >= 0.6 is 0 Å². The number of nitrogens with one attached hydrogen (secondary N) is 1. The molecule has 2 aromatic heterocycles. The molecule has 2 saturated heterocycles. The Morgan fingerprint density at radius 3 is 2.71 bits per heavy atom. The molecule has 0 spiro atoms. The van der Waals surface area contributed by atoms with Crippen LogP contribution in [0.3, 0.4) is 0 Å². The number of morpholine rings is 1. The highest BCUT2D eigenvalue weighted by atomic mass is 16.5. The topological polar surface area (TPSA) is 72.3 Å². The molecule has 0 aliphatic carbocycles. The van der Waals surface area contributed by atoms with Crippen molar-refractivity contribution >= 4 is 17.7 Å². The van der Waals surface area contributed by atoms with E-state index in [0.717, 1.165) is 42.1 Å². The molecule has 0 saturated carbocycles. The lowest BCUT2D eigenvalue weighted by Crippen LogP contribution is -2.62. The zero-order valence-corrected chi connectivity index (χ0v) is 17.4. The third-order valence-corrected chi connectivity index (χ3v) is 5.97. The summed E-state index contributed by atoms with van der Waals surface area (Å²) < 4.78 is 7.30. The summed E-state index contributed by atoms with van der Waals surface area (Å²) in [5.74, 6) is -0.178. The number of fused-ring (bicyclic) bond motifs is 2. The number of carbonyl (C=O) groups is 1. The minimum Gasteiger partial charge on any atom is -0.378 e. The maximum absolute atomic E-state index is 12.4. The van der Waals surface area contributed by atoms with Crippen LogP contribution in [-0.4, -0.2) is 50.9 Å². The molecule has 4 heterocycles. The van der Waals surface area contributed by atoms with Crippen molar-refractivity contribution in [3.8, 4) is 11.1 Å². The lowest BCUT2D eigenvalue weighted by Gasteiger charge is -2.52. The summed E-state index contributed by atoms with van der Waals surface area (Å²) >= 11 is 0. The molecule has 0 radical (unpaired) electrons. The first kappa shape index (κ1) is 19.7. The molecule has 1 aromatic carbocycles. The Morgan fingerprint density at radius 1 is 1.19 bits per heavy atom. The minimum absolute atomic E-state index is 0.178. The summed E-state index contributed by atoms with van der Waals surface area (Å²) in [6.45, 7) is 2.62. The van der Waals surface area contributed by atoms with Crippen LogP contribution in [0.5, 0.6) is 0 Å². The van der Waals surface area contributed by atoms with Crippen LogP contribution in [0.1, 0.15) is 17.5 Å². The van der Waals surface area contributed by atoms with Crippen LogP contribution in [0.15, 0.2) is 61.2 Å². The van der Waals surface area contributed by atoms with Gasteiger partial charge in [0, 0.05) is 67.2 Å². The molecule has 7 heteroatoms. The fourth-order valence-corrected chi connectivity index (χ4v) is 4.29. The van der Waals surface area contributed by atoms with Gasteiger partial charge < -0.3 is 10.1 Å². The van der Waals surface area contributed by atoms with Crippen molar-refractivity contribution in [2.45, 2.75) is 25.0 Å². The van der Waals surface area contributed by atoms with Crippen molar-refractivity contribution in [1.29, 1.82) is 0 Å². The van der Waals surface area contributed by atoms with Gasteiger partial charge in [0.05, 0.1) is 19.4 Å². The fourth-order valence-electron chi connectivity index (χ4n) is 4.29. The third kappa shape index (κ3) is 4.28. The number of anilines is 1. The number of hydrogen-bond donors (Lipinski definition) is 1. The van der Waals surface area contributed by atoms with Crippen molar-refractivity contribution in [3.63, 3.8) is 0 Å². The second kappa shape index (κ2) is 8.45. The van der Waals surface area contributed by atoms with Crippen LogP contribution in [0.25, 0.3) is 17.2 Å². The van der Waals surface area contributed by atoms with E-state index in [9.17, 15) is 4.79 Å². The van der Waals surface area contributed by atoms with Crippen molar-refractivity contribution in [1.82, 2.24) is 19.7 Å². The largest absolute Gasteiger partial charge is 0.378 e. The lowest BCUT2D eigenvalue weighted by atomic mass is 9.90. The monoisotopic (exact) mass is 415 g/mol. The lowest BCUT2D eigenvalue weighted by molar-refractivity contribution is -0.131. The molecule has 2 aliphatic rings. The Balaban J connectivity index is 1.21. The van der Waals surface area contributed by atoms with E-state index >= 15 is 0 Å². The highest BCUT2D eigenvalue weighted by Gasteiger charge is 2.41. The highest BCUT2D eigenvalue weighted by molar-refractivity contribution is 6.02. The summed E-state index contributed by atoms with van der Waals surface area (Å²) in [5.41, 5.74) is 4.87. The van der Waals surface area contributed by atoms with E-state index < -0.39 is 0 Å². The SMILES string of the molecule is Cn1cc(-c2ccncc2/C=C/C(=O)Nc2ccc(CN3C4COCC3C4)cc2)cn1. The molecule has 1 N–H and O–H groups in total. The van der Waals surface area contributed by atoms with Gasteiger partial charge in [-0.1, -0.05) is 12.1 Å². The summed E-state index contributed by atoms with van der Waals surface area (Å²) in [6, 6.07) is 11.1. The zero-order chi connectivity index (χ0) is 21.2. The van der Waals surface area contributed by atoms with Gasteiger partial charge in [0.1, 0.15) is 0 Å². The van der Waals surface area contributed by atoms with Crippen molar-refractivity contribution < 1.29 is 9.53 Å². The molecule has 2 bridgehead atoms. The van der Waals surface area contributed by atoms with Gasteiger partial charge in [-0.25, -0.2) is 0 Å². The molecule has 7 nitrogen and oxygen atoms in total. The predicted octanol–water partition coefficient (Wildman–Crippen LogP) is 3.11. The van der Waals surface area contributed by atoms with Crippen LogP contribution in [0.4, 0.5) is 5.69 Å². The summed E-state index contributed by atoms with van der Waals surface area (Å²) in [7, 11) is 1.88. The van der Waals surface area contributed by atoms with Gasteiger partial charge in [0.25, 0.3) is 0 Å². The Hall–Kier alpha value is -3.29. The van der Waals surface area contributed by atoms with Crippen LogP contribution < -0.4 is 5.32 Å². The number of amides is 1. The molecule has 1 amide bonds. The normalized spacial score (nSPS) is 20.5. The molecule has 2 fully saturated rings. The van der Waals surface area contributed by atoms with Gasteiger partial charge in [0.15, 0.2) is 0 Å². The van der Waals surface area contributed by atoms with Crippen molar-refractivity contribution in [2.75, 3.05) is 18.5 Å². The van der Waals surface area contributed by atoms with Gasteiger partial charge in [0.2, 0.25) is 5.91 Å². The predicted molar refractivity (Wildman–Crippen MR) is 119 cm³/mol. The van der Waals surface area contributed by atoms with E-state index in [1.54, 1.807) is 29.3 Å². The number of carbonyl (C=O) groups excluding carboxylic acids is 1. The number of rotatable bonds is 6. The van der Waals surface area contributed by atoms with Crippen molar-refractivity contribution in [2.24, 2.45) is 7.05 Å². The first-order valence-corrected chi connectivity index (χ1v) is 10.5. The zero-order valence-electron chi connectivity index (χ0n) is 17.4. The average molecular weight is 415 g/mol. The maximum Gasteiger partial charge on any atom is 0.248 e. The van der Waals surface area contributed by atoms with E-state index in [1.165, 1.54) is 18.1 Å². The van der Waals surface area contributed by atoms with Crippen molar-refractivity contribution in [3.05, 3.63) is 72.3 Å². The highest BCUT2D eigenvalue weighted by Crippen LogP contribution is 2.32. The van der Waals surface area contributed by atoms with Gasteiger partial charge in [-0.05, 0) is 41.8 Å². The van der Waals surface area contributed by atoms with Crippen LogP contribution in [0, 0.1) is 0 Å². The molecule has 3 aromatic rings. The van der Waals surface area contributed by atoms with E-state index in [1.807, 2.05) is 31.4 Å². The summed E-state index contributed by atoms with van der Waals surface area (Å²) in [4.78, 5) is 19.1. The summed E-state index contributed by atoms with van der Waals surface area (Å²) in [6.07, 6.45) is 11.8. The smallest absolute Gasteiger partial charge is 0.248 e. The Morgan fingerprint density at radius 2 is 2.00 bits per heavy atom. The van der Waals surface area contributed by atoms with Crippen LogP contribution in [-0.2, 0) is 23.1 Å². The second-order valence-electron chi connectivity index (χ2n) is 8.14. The summed E-state index contributed by atoms with van der Waals surface area (Å²) in [5, 5.41) is 7.15. The third-order valence-electron chi connectivity index (χ3n) is 5.97. The Bertz CT molecular complexity index is 1090. The van der Waals surface area contributed by atoms with Crippen LogP contribution in [0.2, 0.25) is 0 Å². The second-order valence-corrected chi connectivity index (χ2v) is 8.14. The molecule has 2 aliphatic heterocycles. The maximum atomic E-state index is 12.4. The van der Waals surface area contributed by atoms with E-state index in [0.29, 0.717) is 12.1 Å². The molecule has 158 valence electrons. The van der Waals surface area contributed by atoms with E-state index in [-0.39, 0.29) is 5.91 Å². The standard InChI is InChI=1S/C24H25N5O2/c1-28-14-19(12-26-28)23-8-9-25-11-18(23)4-7-24(30)27-20-5-2-17(3-6-20)13-29-21-10-22(29)16-31-15-21/h2-9,11-12,14,21-22H,10,13,15-16H2,1H3,(H,27,30)/b7-4+. The molecule has 31 heavy (non-hydrogen) atoms. The number of benzene rings is 1. The number of aryl methyl sites for hydroxylation is 1. The molecule has 2 unspecified atom stereocenters. The van der Waals surface area contributed by atoms with E-state index in [2.05, 4.69) is 32.4 Å². The first-order chi connectivity index (χ1) is 15.2. The Labute approximate surface area is 181 Å². The van der Waals surface area contributed by atoms with E-state index in [4.69, 9.17) is 4.74 Å². The number of nitrogens with zero attached hydrogens (tertiary/aromatic N) is 4. The number of ether oxygens (including phenoxy) is 1. The van der Waals surface area contributed by atoms with Gasteiger partial charge >= 0.3 is 0 Å². The minimum atomic E-state index is -0.178.